The predicted octanol–water partition coefficient (Wildman–Crippen LogP) is 1.50. The number of hydrogen-bond donors (Lipinski definition) is 1. The zero-order valence-electron chi connectivity index (χ0n) is 13.6. The molecular formula is C14H19N5O4S. The average molecular weight is 353 g/mol. The minimum absolute atomic E-state index is 0.127. The van der Waals surface area contributed by atoms with Crippen molar-refractivity contribution in [2.45, 2.75) is 11.4 Å². The molecule has 0 amide bonds. The van der Waals surface area contributed by atoms with Gasteiger partial charge in [0.1, 0.15) is 0 Å². The number of hydrogen-bond acceptors (Lipinski definition) is 7. The average Bonchev–Trinajstić information content (AvgIpc) is 2.91. The van der Waals surface area contributed by atoms with Crippen molar-refractivity contribution in [2.75, 3.05) is 32.2 Å². The fraction of sp³-hybridized carbons (Fsp3) is 0.357. The van der Waals surface area contributed by atoms with E-state index in [9.17, 15) is 18.5 Å². The van der Waals surface area contributed by atoms with E-state index in [0.717, 1.165) is 18.9 Å². The fourth-order valence-electron chi connectivity index (χ4n) is 2.04. The molecule has 2 rings (SSSR count). The Labute approximate surface area is 140 Å². The van der Waals surface area contributed by atoms with Crippen LogP contribution >= 0.6 is 0 Å². The molecule has 0 aliphatic heterocycles. The number of sulfone groups is 1. The van der Waals surface area contributed by atoms with Crippen molar-refractivity contribution in [1.29, 1.82) is 0 Å². The van der Waals surface area contributed by atoms with Crippen LogP contribution in [0.2, 0.25) is 0 Å². The number of nitrogens with zero attached hydrogens (tertiary/aromatic N) is 4. The van der Waals surface area contributed by atoms with Gasteiger partial charge in [-0.3, -0.25) is 14.8 Å². The maximum absolute atomic E-state index is 11.9. The zero-order valence-corrected chi connectivity index (χ0v) is 14.4. The summed E-state index contributed by atoms with van der Waals surface area (Å²) in [5.41, 5.74) is 0.602. The van der Waals surface area contributed by atoms with Crippen molar-refractivity contribution in [3.8, 4) is 0 Å². The van der Waals surface area contributed by atoms with Crippen molar-refractivity contribution < 1.29 is 13.3 Å². The first-order valence-electron chi connectivity index (χ1n) is 7.09. The van der Waals surface area contributed by atoms with Crippen LogP contribution in [0.25, 0.3) is 0 Å². The molecule has 0 unspecified atom stereocenters. The van der Waals surface area contributed by atoms with Crippen LogP contribution in [-0.4, -0.2) is 54.9 Å². The van der Waals surface area contributed by atoms with Crippen LogP contribution in [0.5, 0.6) is 0 Å². The standard InChI is InChI=1S/C14H19N5O4S/c1-17(2)6-7-18-10-11(9-15-18)16-13-5-4-12(19(20)21)8-14(13)24(3,22)23/h4-5,8-10,16H,6-7H2,1-3H3. The van der Waals surface area contributed by atoms with Gasteiger partial charge < -0.3 is 10.2 Å². The molecule has 1 aromatic carbocycles. The van der Waals surface area contributed by atoms with Gasteiger partial charge in [0, 0.05) is 31.1 Å². The molecule has 2 aromatic rings. The number of benzene rings is 1. The third kappa shape index (κ3) is 4.52. The molecule has 0 spiro atoms. The molecule has 0 bridgehead atoms. The number of nitro benzene ring substituents is 1. The van der Waals surface area contributed by atoms with E-state index < -0.39 is 14.8 Å². The topological polar surface area (TPSA) is 110 Å². The van der Waals surface area contributed by atoms with Gasteiger partial charge in [-0.15, -0.1) is 0 Å². The molecule has 0 aliphatic rings. The summed E-state index contributed by atoms with van der Waals surface area (Å²) in [7, 11) is 0.287. The predicted molar refractivity (Wildman–Crippen MR) is 90.3 cm³/mol. The molecule has 1 heterocycles. The molecule has 1 N–H and O–H groups in total. The quantitative estimate of drug-likeness (QED) is 0.593. The van der Waals surface area contributed by atoms with E-state index in [1.807, 2.05) is 19.0 Å². The Bertz CT molecular complexity index is 845. The maximum Gasteiger partial charge on any atom is 0.270 e. The van der Waals surface area contributed by atoms with Crippen LogP contribution < -0.4 is 5.32 Å². The number of likely N-dealkylation sites (N-methyl/N-ethyl adjacent to an activating group) is 1. The molecule has 0 radical (unpaired) electrons. The number of anilines is 2. The van der Waals surface area contributed by atoms with Crippen LogP contribution in [-0.2, 0) is 16.4 Å². The number of nitro groups is 1. The van der Waals surface area contributed by atoms with Crippen LogP contribution in [0, 0.1) is 10.1 Å². The van der Waals surface area contributed by atoms with Crippen LogP contribution in [0.15, 0.2) is 35.5 Å². The second kappa shape index (κ2) is 6.97. The lowest BCUT2D eigenvalue weighted by molar-refractivity contribution is -0.385. The van der Waals surface area contributed by atoms with Gasteiger partial charge in [-0.05, 0) is 20.2 Å². The van der Waals surface area contributed by atoms with Crippen molar-refractivity contribution in [3.63, 3.8) is 0 Å². The summed E-state index contributed by atoms with van der Waals surface area (Å²) in [6, 6.07) is 3.69. The first-order valence-corrected chi connectivity index (χ1v) is 8.98. The lowest BCUT2D eigenvalue weighted by atomic mass is 10.3. The van der Waals surface area contributed by atoms with E-state index in [4.69, 9.17) is 0 Å². The Hall–Kier alpha value is -2.46. The van der Waals surface area contributed by atoms with E-state index >= 15 is 0 Å². The van der Waals surface area contributed by atoms with E-state index in [1.54, 1.807) is 17.1 Å². The molecule has 0 saturated heterocycles. The minimum atomic E-state index is -3.63. The van der Waals surface area contributed by atoms with Crippen molar-refractivity contribution >= 4 is 26.9 Å². The first-order chi connectivity index (χ1) is 11.2. The van der Waals surface area contributed by atoms with E-state index in [2.05, 4.69) is 10.4 Å². The van der Waals surface area contributed by atoms with E-state index in [-0.39, 0.29) is 16.3 Å². The van der Waals surface area contributed by atoms with Gasteiger partial charge in [0.25, 0.3) is 5.69 Å². The summed E-state index contributed by atoms with van der Waals surface area (Å²) in [5, 5.41) is 18.0. The molecule has 0 saturated carbocycles. The van der Waals surface area contributed by atoms with Crippen LogP contribution in [0.3, 0.4) is 0 Å². The molecule has 0 fully saturated rings. The van der Waals surface area contributed by atoms with Gasteiger partial charge in [-0.1, -0.05) is 0 Å². The van der Waals surface area contributed by atoms with Crippen LogP contribution in [0.1, 0.15) is 0 Å². The molecule has 10 heteroatoms. The monoisotopic (exact) mass is 353 g/mol. The van der Waals surface area contributed by atoms with Gasteiger partial charge in [-0.2, -0.15) is 5.10 Å². The highest BCUT2D eigenvalue weighted by molar-refractivity contribution is 7.90. The molecule has 9 nitrogen and oxygen atoms in total. The lowest BCUT2D eigenvalue weighted by Gasteiger charge is -2.10. The Balaban J connectivity index is 2.28. The van der Waals surface area contributed by atoms with Crippen molar-refractivity contribution in [3.05, 3.63) is 40.7 Å². The van der Waals surface area contributed by atoms with Crippen molar-refractivity contribution in [2.24, 2.45) is 0 Å². The number of rotatable bonds is 7. The summed E-state index contributed by atoms with van der Waals surface area (Å²) in [6.07, 6.45) is 4.33. The summed E-state index contributed by atoms with van der Waals surface area (Å²) in [5.74, 6) is 0. The maximum atomic E-state index is 11.9. The fourth-order valence-corrected chi connectivity index (χ4v) is 2.90. The molecular weight excluding hydrogens is 334 g/mol. The number of non-ortho nitro benzene ring substituents is 1. The Morgan fingerprint density at radius 2 is 2.08 bits per heavy atom. The first kappa shape index (κ1) is 17.9. The molecule has 1 aromatic heterocycles. The SMILES string of the molecule is CN(C)CCn1cc(Nc2ccc([N+](=O)[O-])cc2S(C)(=O)=O)cn1. The number of aromatic nitrogens is 2. The van der Waals surface area contributed by atoms with Gasteiger partial charge in [0.2, 0.25) is 0 Å². The summed E-state index contributed by atoms with van der Waals surface area (Å²) >= 11 is 0. The van der Waals surface area contributed by atoms with Gasteiger partial charge >= 0.3 is 0 Å². The summed E-state index contributed by atoms with van der Waals surface area (Å²) < 4.78 is 25.6. The summed E-state index contributed by atoms with van der Waals surface area (Å²) in [6.45, 7) is 1.50. The van der Waals surface area contributed by atoms with Gasteiger partial charge in [0.05, 0.1) is 33.9 Å². The Morgan fingerprint density at radius 3 is 2.67 bits per heavy atom. The Kier molecular flexibility index (Phi) is 5.20. The molecule has 24 heavy (non-hydrogen) atoms. The van der Waals surface area contributed by atoms with Crippen molar-refractivity contribution in [1.82, 2.24) is 14.7 Å². The normalized spacial score (nSPS) is 11.7. The highest BCUT2D eigenvalue weighted by Crippen LogP contribution is 2.28. The number of nitrogens with one attached hydrogen (secondary N) is 1. The van der Waals surface area contributed by atoms with E-state index in [1.165, 1.54) is 12.1 Å². The zero-order chi connectivity index (χ0) is 17.9. The van der Waals surface area contributed by atoms with E-state index in [0.29, 0.717) is 12.2 Å². The molecule has 130 valence electrons. The van der Waals surface area contributed by atoms with Gasteiger partial charge in [0.15, 0.2) is 9.84 Å². The van der Waals surface area contributed by atoms with Gasteiger partial charge in [-0.25, -0.2) is 8.42 Å². The third-order valence-corrected chi connectivity index (χ3v) is 4.40. The second-order valence-electron chi connectivity index (χ2n) is 5.63. The molecule has 0 aliphatic carbocycles. The highest BCUT2D eigenvalue weighted by atomic mass is 32.2. The minimum Gasteiger partial charge on any atom is -0.352 e. The Morgan fingerprint density at radius 1 is 1.38 bits per heavy atom. The largest absolute Gasteiger partial charge is 0.352 e. The second-order valence-corrected chi connectivity index (χ2v) is 7.61. The lowest BCUT2D eigenvalue weighted by Crippen LogP contribution is -2.18. The third-order valence-electron chi connectivity index (χ3n) is 3.26. The summed E-state index contributed by atoms with van der Waals surface area (Å²) in [4.78, 5) is 12.1. The highest BCUT2D eigenvalue weighted by Gasteiger charge is 2.18. The smallest absolute Gasteiger partial charge is 0.270 e. The molecule has 0 atom stereocenters. The van der Waals surface area contributed by atoms with Crippen LogP contribution in [0.4, 0.5) is 17.1 Å².